The quantitative estimate of drug-likeness (QED) is 0.794. The molecule has 110 valence electrons. The fraction of sp³-hybridized carbons (Fsp3) is 0.389. The summed E-state index contributed by atoms with van der Waals surface area (Å²) in [6.45, 7) is 2.93. The van der Waals surface area contributed by atoms with Crippen LogP contribution >= 0.6 is 11.3 Å². The average molecular weight is 299 g/mol. The number of carbonyl (C=O) groups excluding carboxylic acids is 1. The molecule has 21 heavy (non-hydrogen) atoms. The lowest BCUT2D eigenvalue weighted by Gasteiger charge is -2.22. The monoisotopic (exact) mass is 299 g/mol. The van der Waals surface area contributed by atoms with E-state index < -0.39 is 0 Å². The zero-order valence-electron chi connectivity index (χ0n) is 12.4. The van der Waals surface area contributed by atoms with Crippen molar-refractivity contribution >= 4 is 17.2 Å². The van der Waals surface area contributed by atoms with Crippen molar-refractivity contribution in [2.75, 3.05) is 6.54 Å². The molecule has 3 rings (SSSR count). The maximum atomic E-state index is 12.6. The number of amides is 1. The molecule has 1 aromatic heterocycles. The van der Waals surface area contributed by atoms with E-state index in [1.54, 1.807) is 11.3 Å². The van der Waals surface area contributed by atoms with Crippen LogP contribution in [0.15, 0.2) is 41.8 Å². The van der Waals surface area contributed by atoms with E-state index in [-0.39, 0.29) is 5.91 Å². The Kier molecular flexibility index (Phi) is 4.39. The third-order valence-corrected chi connectivity index (χ3v) is 4.86. The van der Waals surface area contributed by atoms with Gasteiger partial charge in [-0.25, -0.2) is 0 Å². The molecular weight excluding hydrogens is 278 g/mol. The van der Waals surface area contributed by atoms with Crippen LogP contribution < -0.4 is 0 Å². The minimum Gasteiger partial charge on any atom is -0.339 e. The smallest absolute Gasteiger partial charge is 0.227 e. The molecule has 2 aromatic rings. The summed E-state index contributed by atoms with van der Waals surface area (Å²) in [7, 11) is 0. The predicted molar refractivity (Wildman–Crippen MR) is 87.6 cm³/mol. The van der Waals surface area contributed by atoms with Crippen LogP contribution in [0.4, 0.5) is 0 Å². The second kappa shape index (κ2) is 6.44. The van der Waals surface area contributed by atoms with Gasteiger partial charge in [-0.05, 0) is 43.2 Å². The minimum absolute atomic E-state index is 0.277. The SMILES string of the molecule is Cc1cccc(CC(=O)N(CCc2cccs2)C2CC2)c1. The lowest BCUT2D eigenvalue weighted by molar-refractivity contribution is -0.131. The molecule has 0 spiro atoms. The van der Waals surface area contributed by atoms with Gasteiger partial charge in [0.2, 0.25) is 5.91 Å². The summed E-state index contributed by atoms with van der Waals surface area (Å²) in [4.78, 5) is 16.1. The van der Waals surface area contributed by atoms with E-state index >= 15 is 0 Å². The van der Waals surface area contributed by atoms with Gasteiger partial charge in [-0.3, -0.25) is 4.79 Å². The summed E-state index contributed by atoms with van der Waals surface area (Å²) < 4.78 is 0. The highest BCUT2D eigenvalue weighted by molar-refractivity contribution is 7.09. The van der Waals surface area contributed by atoms with Crippen molar-refractivity contribution in [3.05, 3.63) is 57.8 Å². The first-order valence-electron chi connectivity index (χ1n) is 7.60. The molecule has 1 aliphatic rings. The molecule has 2 nitrogen and oxygen atoms in total. The van der Waals surface area contributed by atoms with Crippen molar-refractivity contribution < 1.29 is 4.79 Å². The third-order valence-electron chi connectivity index (χ3n) is 3.93. The molecule has 0 bridgehead atoms. The van der Waals surface area contributed by atoms with Crippen LogP contribution in [0.3, 0.4) is 0 Å². The fourth-order valence-electron chi connectivity index (χ4n) is 2.68. The van der Waals surface area contributed by atoms with Crippen LogP contribution in [0.1, 0.15) is 28.8 Å². The number of hydrogen-bond donors (Lipinski definition) is 0. The number of nitrogens with zero attached hydrogens (tertiary/aromatic N) is 1. The van der Waals surface area contributed by atoms with Gasteiger partial charge in [-0.15, -0.1) is 11.3 Å². The first kappa shape index (κ1) is 14.3. The van der Waals surface area contributed by atoms with E-state index in [0.717, 1.165) is 18.5 Å². The summed E-state index contributed by atoms with van der Waals surface area (Å²) in [6.07, 6.45) is 3.85. The van der Waals surface area contributed by atoms with Gasteiger partial charge in [0.15, 0.2) is 0 Å². The van der Waals surface area contributed by atoms with E-state index in [2.05, 4.69) is 47.5 Å². The highest BCUT2D eigenvalue weighted by atomic mass is 32.1. The Hall–Kier alpha value is -1.61. The highest BCUT2D eigenvalue weighted by Gasteiger charge is 2.32. The molecule has 0 N–H and O–H groups in total. The largest absolute Gasteiger partial charge is 0.339 e. The minimum atomic E-state index is 0.277. The summed E-state index contributed by atoms with van der Waals surface area (Å²) >= 11 is 1.78. The second-order valence-electron chi connectivity index (χ2n) is 5.81. The maximum absolute atomic E-state index is 12.6. The van der Waals surface area contributed by atoms with Crippen LogP contribution in [0.25, 0.3) is 0 Å². The first-order chi connectivity index (χ1) is 10.2. The molecule has 1 saturated carbocycles. The Balaban J connectivity index is 1.62. The number of carbonyl (C=O) groups is 1. The van der Waals surface area contributed by atoms with E-state index in [1.165, 1.54) is 23.3 Å². The molecule has 3 heteroatoms. The molecule has 0 radical (unpaired) electrons. The highest BCUT2D eigenvalue weighted by Crippen LogP contribution is 2.28. The molecule has 1 aromatic carbocycles. The van der Waals surface area contributed by atoms with Gasteiger partial charge in [0.25, 0.3) is 0 Å². The van der Waals surface area contributed by atoms with Gasteiger partial charge in [0, 0.05) is 17.5 Å². The number of aryl methyl sites for hydroxylation is 1. The topological polar surface area (TPSA) is 20.3 Å². The van der Waals surface area contributed by atoms with Gasteiger partial charge in [-0.1, -0.05) is 35.9 Å². The van der Waals surface area contributed by atoms with E-state index in [1.807, 2.05) is 6.07 Å². The first-order valence-corrected chi connectivity index (χ1v) is 8.48. The molecule has 1 fully saturated rings. The number of hydrogen-bond acceptors (Lipinski definition) is 2. The van der Waals surface area contributed by atoms with Gasteiger partial charge in [0.05, 0.1) is 6.42 Å². The van der Waals surface area contributed by atoms with Gasteiger partial charge in [0.1, 0.15) is 0 Å². The predicted octanol–water partition coefficient (Wildman–Crippen LogP) is 3.83. The number of benzene rings is 1. The van der Waals surface area contributed by atoms with Crippen molar-refractivity contribution in [1.82, 2.24) is 4.90 Å². The Bertz CT molecular complexity index is 601. The zero-order chi connectivity index (χ0) is 14.7. The molecule has 1 aliphatic carbocycles. The van der Waals surface area contributed by atoms with Gasteiger partial charge < -0.3 is 4.90 Å². The van der Waals surface area contributed by atoms with Crippen LogP contribution in [0, 0.1) is 6.92 Å². The Morgan fingerprint density at radius 1 is 1.29 bits per heavy atom. The van der Waals surface area contributed by atoms with E-state index in [0.29, 0.717) is 12.5 Å². The lowest BCUT2D eigenvalue weighted by Crippen LogP contribution is -2.36. The molecular formula is C18H21NOS. The summed E-state index contributed by atoms with van der Waals surface area (Å²) in [5, 5.41) is 2.10. The van der Waals surface area contributed by atoms with Gasteiger partial charge in [-0.2, -0.15) is 0 Å². The normalized spacial score (nSPS) is 14.1. The zero-order valence-corrected chi connectivity index (χ0v) is 13.2. The number of rotatable bonds is 6. The fourth-order valence-corrected chi connectivity index (χ4v) is 3.38. The molecule has 1 heterocycles. The van der Waals surface area contributed by atoms with Crippen LogP contribution in [0.2, 0.25) is 0 Å². The van der Waals surface area contributed by atoms with Crippen molar-refractivity contribution in [2.45, 2.75) is 38.6 Å². The Labute approximate surface area is 130 Å². The maximum Gasteiger partial charge on any atom is 0.227 e. The van der Waals surface area contributed by atoms with Crippen LogP contribution in [-0.4, -0.2) is 23.4 Å². The summed E-state index contributed by atoms with van der Waals surface area (Å²) in [6, 6.07) is 13.0. The average Bonchev–Trinajstić information content (AvgIpc) is 3.14. The van der Waals surface area contributed by atoms with Crippen molar-refractivity contribution in [2.24, 2.45) is 0 Å². The Morgan fingerprint density at radius 2 is 2.14 bits per heavy atom. The lowest BCUT2D eigenvalue weighted by atomic mass is 10.1. The van der Waals surface area contributed by atoms with E-state index in [4.69, 9.17) is 0 Å². The van der Waals surface area contributed by atoms with Crippen molar-refractivity contribution in [1.29, 1.82) is 0 Å². The standard InChI is InChI=1S/C18H21NOS/c1-14-4-2-5-15(12-14)13-18(20)19(16-7-8-16)10-9-17-6-3-11-21-17/h2-6,11-12,16H,7-10,13H2,1H3. The molecule has 0 aliphatic heterocycles. The summed E-state index contributed by atoms with van der Waals surface area (Å²) in [5.74, 6) is 0.277. The van der Waals surface area contributed by atoms with Crippen molar-refractivity contribution in [3.8, 4) is 0 Å². The molecule has 0 atom stereocenters. The van der Waals surface area contributed by atoms with E-state index in [9.17, 15) is 4.79 Å². The van der Waals surface area contributed by atoms with Crippen molar-refractivity contribution in [3.63, 3.8) is 0 Å². The number of thiophene rings is 1. The Morgan fingerprint density at radius 3 is 2.81 bits per heavy atom. The molecule has 0 unspecified atom stereocenters. The molecule has 0 saturated heterocycles. The second-order valence-corrected chi connectivity index (χ2v) is 6.85. The van der Waals surface area contributed by atoms with Crippen LogP contribution in [-0.2, 0) is 17.6 Å². The van der Waals surface area contributed by atoms with Crippen LogP contribution in [0.5, 0.6) is 0 Å². The third kappa shape index (κ3) is 3.94. The van der Waals surface area contributed by atoms with Gasteiger partial charge >= 0.3 is 0 Å². The molecule has 1 amide bonds. The summed E-state index contributed by atoms with van der Waals surface area (Å²) in [5.41, 5.74) is 2.35.